The van der Waals surface area contributed by atoms with Gasteiger partial charge in [-0.15, -0.1) is 0 Å². The van der Waals surface area contributed by atoms with E-state index in [1.54, 1.807) is 0 Å². The van der Waals surface area contributed by atoms with Gasteiger partial charge in [0.1, 0.15) is 12.2 Å². The van der Waals surface area contributed by atoms with Gasteiger partial charge in [-0.25, -0.2) is 9.59 Å². The quantitative estimate of drug-likeness (QED) is 0.656. The molecule has 2 amide bonds. The van der Waals surface area contributed by atoms with Crippen molar-refractivity contribution in [2.45, 2.75) is 27.7 Å². The Kier molecular flexibility index (Phi) is 5.26. The summed E-state index contributed by atoms with van der Waals surface area (Å²) >= 11 is 0. The molecule has 2 rings (SSSR count). The fourth-order valence-electron chi connectivity index (χ4n) is 2.47. The maximum Gasteiger partial charge on any atom is 0.374 e. The first-order valence-corrected chi connectivity index (χ1v) is 7.63. The van der Waals surface area contributed by atoms with E-state index in [1.165, 1.54) is 0 Å². The van der Waals surface area contributed by atoms with Crippen molar-refractivity contribution in [1.82, 2.24) is 10.6 Å². The second kappa shape index (κ2) is 7.17. The van der Waals surface area contributed by atoms with E-state index >= 15 is 0 Å². The van der Waals surface area contributed by atoms with E-state index in [-0.39, 0.29) is 24.9 Å². The van der Waals surface area contributed by atoms with Crippen molar-refractivity contribution >= 4 is 23.0 Å². The number of fused-ring (bicyclic) bond motifs is 1. The molecular formula is C17H22N2O4. The first-order valence-electron chi connectivity index (χ1n) is 7.63. The predicted octanol–water partition coefficient (Wildman–Crippen LogP) is 2.83. The molecule has 0 saturated carbocycles. The topological polar surface area (TPSA) is 80.6 Å². The van der Waals surface area contributed by atoms with Crippen LogP contribution in [0.5, 0.6) is 0 Å². The normalized spacial score (nSPS) is 10.6. The molecule has 0 radical (unpaired) electrons. The summed E-state index contributed by atoms with van der Waals surface area (Å²) < 4.78 is 10.9. The van der Waals surface area contributed by atoms with Crippen LogP contribution in [-0.4, -0.2) is 31.7 Å². The van der Waals surface area contributed by atoms with Crippen LogP contribution in [0.2, 0.25) is 0 Å². The number of rotatable bonds is 5. The van der Waals surface area contributed by atoms with Gasteiger partial charge in [0.05, 0.1) is 6.54 Å². The zero-order valence-corrected chi connectivity index (χ0v) is 13.9. The van der Waals surface area contributed by atoms with Crippen LogP contribution in [0.3, 0.4) is 0 Å². The van der Waals surface area contributed by atoms with Crippen molar-refractivity contribution in [2.75, 3.05) is 19.7 Å². The second-order valence-corrected chi connectivity index (χ2v) is 5.38. The zero-order chi connectivity index (χ0) is 17.0. The van der Waals surface area contributed by atoms with E-state index in [2.05, 4.69) is 10.6 Å². The number of carbonyl (C=O) groups excluding carboxylic acids is 2. The van der Waals surface area contributed by atoms with Gasteiger partial charge in [0.15, 0.2) is 0 Å². The number of hydrogen-bond donors (Lipinski definition) is 2. The van der Waals surface area contributed by atoms with Crippen LogP contribution in [0.4, 0.5) is 4.79 Å². The van der Waals surface area contributed by atoms with Crippen LogP contribution < -0.4 is 10.6 Å². The van der Waals surface area contributed by atoms with Crippen molar-refractivity contribution < 1.29 is 18.7 Å². The number of carbonyl (C=O) groups is 2. The summed E-state index contributed by atoms with van der Waals surface area (Å²) in [6, 6.07) is 3.69. The van der Waals surface area contributed by atoms with Crippen molar-refractivity contribution in [3.63, 3.8) is 0 Å². The van der Waals surface area contributed by atoms with E-state index in [9.17, 15) is 9.59 Å². The minimum Gasteiger partial charge on any atom is -0.458 e. The molecule has 124 valence electrons. The second-order valence-electron chi connectivity index (χ2n) is 5.38. The lowest BCUT2D eigenvalue weighted by Gasteiger charge is -2.06. The van der Waals surface area contributed by atoms with Crippen LogP contribution in [0.25, 0.3) is 11.0 Å². The molecule has 0 aliphatic rings. The molecule has 0 bridgehead atoms. The van der Waals surface area contributed by atoms with E-state index in [4.69, 9.17) is 9.15 Å². The SMILES string of the molecule is CCNC(=O)NCCOC(=O)c1oc2c(C)ccc(C)c2c1C. The number of urea groups is 1. The minimum atomic E-state index is -0.518. The number of furan rings is 1. The van der Waals surface area contributed by atoms with Crippen LogP contribution in [0.15, 0.2) is 16.5 Å². The Labute approximate surface area is 135 Å². The van der Waals surface area contributed by atoms with E-state index in [0.717, 1.165) is 27.7 Å². The third kappa shape index (κ3) is 3.64. The molecule has 1 heterocycles. The Balaban J connectivity index is 2.04. The highest BCUT2D eigenvalue weighted by atomic mass is 16.5. The highest BCUT2D eigenvalue weighted by molar-refractivity contribution is 5.98. The Bertz CT molecular complexity index is 734. The third-order valence-electron chi connectivity index (χ3n) is 3.63. The number of esters is 1. The van der Waals surface area contributed by atoms with Gasteiger partial charge in [0, 0.05) is 17.5 Å². The van der Waals surface area contributed by atoms with Gasteiger partial charge in [-0.1, -0.05) is 12.1 Å². The fraction of sp³-hybridized carbons (Fsp3) is 0.412. The Hall–Kier alpha value is -2.50. The summed E-state index contributed by atoms with van der Waals surface area (Å²) in [5.74, 6) is -0.300. The monoisotopic (exact) mass is 318 g/mol. The molecule has 0 saturated heterocycles. The molecule has 0 aliphatic carbocycles. The van der Waals surface area contributed by atoms with Crippen molar-refractivity contribution in [1.29, 1.82) is 0 Å². The molecular weight excluding hydrogens is 296 g/mol. The molecule has 1 aromatic heterocycles. The molecule has 23 heavy (non-hydrogen) atoms. The van der Waals surface area contributed by atoms with Crippen LogP contribution in [0.1, 0.15) is 34.2 Å². The van der Waals surface area contributed by atoms with Crippen molar-refractivity contribution in [2.24, 2.45) is 0 Å². The lowest BCUT2D eigenvalue weighted by molar-refractivity contribution is 0.0475. The number of benzene rings is 1. The molecule has 0 spiro atoms. The Morgan fingerprint density at radius 1 is 1.13 bits per heavy atom. The first kappa shape index (κ1) is 16.9. The maximum absolute atomic E-state index is 12.2. The molecule has 0 fully saturated rings. The summed E-state index contributed by atoms with van der Waals surface area (Å²) in [6.45, 7) is 8.48. The van der Waals surface area contributed by atoms with Gasteiger partial charge in [-0.05, 0) is 38.8 Å². The molecule has 2 aromatic rings. The standard InChI is InChI=1S/C17H22N2O4/c1-5-18-17(21)19-8-9-22-16(20)15-12(4)13-10(2)6-7-11(3)14(13)23-15/h6-7H,5,8-9H2,1-4H3,(H2,18,19,21). The fourth-order valence-corrected chi connectivity index (χ4v) is 2.47. The molecule has 0 aliphatic heterocycles. The maximum atomic E-state index is 12.2. The number of amides is 2. The van der Waals surface area contributed by atoms with Crippen LogP contribution in [-0.2, 0) is 4.74 Å². The number of hydrogen-bond acceptors (Lipinski definition) is 4. The molecule has 1 aromatic carbocycles. The van der Waals surface area contributed by atoms with Crippen LogP contribution in [0, 0.1) is 20.8 Å². The average molecular weight is 318 g/mol. The largest absolute Gasteiger partial charge is 0.458 e. The Morgan fingerprint density at radius 3 is 2.48 bits per heavy atom. The van der Waals surface area contributed by atoms with Gasteiger partial charge in [0.25, 0.3) is 0 Å². The number of ether oxygens (including phenoxy) is 1. The summed E-state index contributed by atoms with van der Waals surface area (Å²) in [6.07, 6.45) is 0. The third-order valence-corrected chi connectivity index (χ3v) is 3.63. The highest BCUT2D eigenvalue weighted by Crippen LogP contribution is 2.30. The molecule has 6 heteroatoms. The Morgan fingerprint density at radius 2 is 1.83 bits per heavy atom. The summed E-state index contributed by atoms with van der Waals surface area (Å²) in [7, 11) is 0. The number of nitrogens with one attached hydrogen (secondary N) is 2. The molecule has 0 atom stereocenters. The first-order chi connectivity index (χ1) is 11.0. The highest BCUT2D eigenvalue weighted by Gasteiger charge is 2.21. The van der Waals surface area contributed by atoms with Gasteiger partial charge < -0.3 is 19.8 Å². The van der Waals surface area contributed by atoms with E-state index < -0.39 is 5.97 Å². The van der Waals surface area contributed by atoms with Gasteiger partial charge in [-0.3, -0.25) is 0 Å². The van der Waals surface area contributed by atoms with Crippen molar-refractivity contribution in [3.05, 3.63) is 34.6 Å². The summed E-state index contributed by atoms with van der Waals surface area (Å²) in [5, 5.41) is 6.14. The predicted molar refractivity (Wildman–Crippen MR) is 87.8 cm³/mol. The van der Waals surface area contributed by atoms with E-state index in [1.807, 2.05) is 39.8 Å². The van der Waals surface area contributed by atoms with Crippen LogP contribution >= 0.6 is 0 Å². The number of aryl methyl sites for hydroxylation is 3. The summed E-state index contributed by atoms with van der Waals surface area (Å²) in [4.78, 5) is 23.4. The smallest absolute Gasteiger partial charge is 0.374 e. The zero-order valence-electron chi connectivity index (χ0n) is 13.9. The minimum absolute atomic E-state index is 0.0877. The van der Waals surface area contributed by atoms with E-state index in [0.29, 0.717) is 6.54 Å². The average Bonchev–Trinajstić information content (AvgIpc) is 2.87. The lowest BCUT2D eigenvalue weighted by atomic mass is 10.0. The van der Waals surface area contributed by atoms with Gasteiger partial charge in [-0.2, -0.15) is 0 Å². The lowest BCUT2D eigenvalue weighted by Crippen LogP contribution is -2.37. The van der Waals surface area contributed by atoms with Gasteiger partial charge >= 0.3 is 12.0 Å². The van der Waals surface area contributed by atoms with Gasteiger partial charge in [0.2, 0.25) is 5.76 Å². The molecule has 2 N–H and O–H groups in total. The summed E-state index contributed by atoms with van der Waals surface area (Å²) in [5.41, 5.74) is 3.53. The molecule has 6 nitrogen and oxygen atoms in total. The van der Waals surface area contributed by atoms with Crippen molar-refractivity contribution in [3.8, 4) is 0 Å². The molecule has 0 unspecified atom stereocenters.